The number of nitrogens with zero attached hydrogens (tertiary/aromatic N) is 1. The van der Waals surface area contributed by atoms with Crippen molar-refractivity contribution < 1.29 is 19.9 Å². The highest BCUT2D eigenvalue weighted by molar-refractivity contribution is 6.33. The van der Waals surface area contributed by atoms with Crippen molar-refractivity contribution >= 4 is 23.3 Å². The molecule has 6 nitrogen and oxygen atoms in total. The van der Waals surface area contributed by atoms with Gasteiger partial charge in [-0.1, -0.05) is 11.6 Å². The van der Waals surface area contributed by atoms with E-state index in [4.69, 9.17) is 16.7 Å². The van der Waals surface area contributed by atoms with Crippen molar-refractivity contribution in [2.75, 3.05) is 0 Å². The number of phenols is 1. The Morgan fingerprint density at radius 2 is 1.90 bits per heavy atom. The summed E-state index contributed by atoms with van der Waals surface area (Å²) in [5, 5.41) is 29.5. The highest BCUT2D eigenvalue weighted by Crippen LogP contribution is 2.33. The van der Waals surface area contributed by atoms with Gasteiger partial charge in [-0.3, -0.25) is 10.1 Å². The molecule has 0 spiro atoms. The number of halogens is 1. The van der Waals surface area contributed by atoms with Crippen LogP contribution < -0.4 is 0 Å². The molecule has 7 heteroatoms. The molecule has 0 atom stereocenters. The molecule has 0 aliphatic rings. The first-order valence-corrected chi connectivity index (χ1v) is 5.78. The van der Waals surface area contributed by atoms with E-state index in [0.29, 0.717) is 5.56 Å². The molecule has 2 aromatic carbocycles. The van der Waals surface area contributed by atoms with E-state index in [1.54, 1.807) is 0 Å². The second-order valence-electron chi connectivity index (χ2n) is 3.99. The first-order chi connectivity index (χ1) is 9.38. The zero-order valence-corrected chi connectivity index (χ0v) is 10.7. The molecule has 0 aliphatic heterocycles. The van der Waals surface area contributed by atoms with E-state index in [9.17, 15) is 20.0 Å². The third-order valence-electron chi connectivity index (χ3n) is 2.64. The number of benzene rings is 2. The van der Waals surface area contributed by atoms with Gasteiger partial charge in [-0.25, -0.2) is 4.79 Å². The van der Waals surface area contributed by atoms with Crippen molar-refractivity contribution in [2.24, 2.45) is 0 Å². The van der Waals surface area contributed by atoms with E-state index in [0.717, 1.165) is 6.07 Å². The molecule has 2 aromatic rings. The predicted molar refractivity (Wildman–Crippen MR) is 72.2 cm³/mol. The fourth-order valence-electron chi connectivity index (χ4n) is 1.73. The lowest BCUT2D eigenvalue weighted by Crippen LogP contribution is -1.99. The quantitative estimate of drug-likeness (QED) is 0.668. The molecule has 0 heterocycles. The molecular formula is C13H8ClNO5. The van der Waals surface area contributed by atoms with Crippen molar-refractivity contribution in [1.29, 1.82) is 0 Å². The van der Waals surface area contributed by atoms with Crippen LogP contribution in [0.1, 0.15) is 10.4 Å². The van der Waals surface area contributed by atoms with Gasteiger partial charge >= 0.3 is 5.97 Å². The molecule has 0 amide bonds. The van der Waals surface area contributed by atoms with Crippen molar-refractivity contribution in [2.45, 2.75) is 0 Å². The monoisotopic (exact) mass is 293 g/mol. The van der Waals surface area contributed by atoms with E-state index < -0.39 is 10.9 Å². The smallest absolute Gasteiger partial charge is 0.335 e. The maximum absolute atomic E-state index is 11.0. The van der Waals surface area contributed by atoms with E-state index in [2.05, 4.69) is 0 Å². The van der Waals surface area contributed by atoms with Gasteiger partial charge in [-0.05, 0) is 29.8 Å². The second kappa shape index (κ2) is 5.18. The number of hydrogen-bond donors (Lipinski definition) is 2. The summed E-state index contributed by atoms with van der Waals surface area (Å²) in [5.41, 5.74) is -0.0247. The number of hydrogen-bond acceptors (Lipinski definition) is 4. The zero-order valence-electron chi connectivity index (χ0n) is 9.91. The number of carbonyl (C=O) groups is 1. The van der Waals surface area contributed by atoms with Crippen LogP contribution in [-0.2, 0) is 0 Å². The molecule has 0 unspecified atom stereocenters. The lowest BCUT2D eigenvalue weighted by molar-refractivity contribution is -0.384. The highest BCUT2D eigenvalue weighted by Gasteiger charge is 2.16. The first-order valence-electron chi connectivity index (χ1n) is 5.40. The molecule has 0 aliphatic carbocycles. The molecular weight excluding hydrogens is 286 g/mol. The maximum Gasteiger partial charge on any atom is 0.335 e. The Balaban J connectivity index is 2.69. The van der Waals surface area contributed by atoms with Crippen LogP contribution in [0.15, 0.2) is 36.4 Å². The number of phenolic OH excluding ortho intramolecular Hbond substituents is 1. The molecule has 0 bridgehead atoms. The standard InChI is InChI=1S/C13H8ClNO5/c14-12-2-1-10(16)6-11(12)7-3-8(13(17)18)5-9(4-7)15(19)20/h1-6,16H,(H,17,18). The van der Waals surface area contributed by atoms with E-state index in [1.165, 1.54) is 30.3 Å². The molecule has 0 fully saturated rings. The number of rotatable bonds is 3. The van der Waals surface area contributed by atoms with Crippen LogP contribution in [0.3, 0.4) is 0 Å². The molecule has 0 radical (unpaired) electrons. The van der Waals surface area contributed by atoms with Crippen LogP contribution in [0.2, 0.25) is 5.02 Å². The highest BCUT2D eigenvalue weighted by atomic mass is 35.5. The zero-order chi connectivity index (χ0) is 14.9. The number of nitro benzene ring substituents is 1. The second-order valence-corrected chi connectivity index (χ2v) is 4.40. The van der Waals surface area contributed by atoms with Gasteiger partial charge in [-0.15, -0.1) is 0 Å². The number of aromatic carboxylic acids is 1. The van der Waals surface area contributed by atoms with Gasteiger partial charge in [0.25, 0.3) is 5.69 Å². The molecule has 0 saturated heterocycles. The van der Waals surface area contributed by atoms with Crippen LogP contribution in [0.5, 0.6) is 5.75 Å². The number of aromatic hydroxyl groups is 1. The third kappa shape index (κ3) is 2.70. The summed E-state index contributed by atoms with van der Waals surface area (Å²) in [6.45, 7) is 0. The average Bonchev–Trinajstić information content (AvgIpc) is 2.40. The van der Waals surface area contributed by atoms with Gasteiger partial charge in [0.1, 0.15) is 5.75 Å². The summed E-state index contributed by atoms with van der Waals surface area (Å²) in [7, 11) is 0. The molecule has 0 aromatic heterocycles. The SMILES string of the molecule is O=C(O)c1cc(-c2cc(O)ccc2Cl)cc([N+](=O)[O-])c1. The average molecular weight is 294 g/mol. The van der Waals surface area contributed by atoms with Crippen LogP contribution >= 0.6 is 11.6 Å². The Bertz CT molecular complexity index is 682. The lowest BCUT2D eigenvalue weighted by atomic mass is 10.0. The summed E-state index contributed by atoms with van der Waals surface area (Å²) < 4.78 is 0. The Morgan fingerprint density at radius 1 is 1.20 bits per heavy atom. The Labute approximate surface area is 118 Å². The normalized spacial score (nSPS) is 10.2. The van der Waals surface area contributed by atoms with E-state index in [-0.39, 0.29) is 27.6 Å². The van der Waals surface area contributed by atoms with Gasteiger partial charge < -0.3 is 10.2 Å². The molecule has 20 heavy (non-hydrogen) atoms. The van der Waals surface area contributed by atoms with Gasteiger partial charge in [0, 0.05) is 22.7 Å². The molecule has 2 rings (SSSR count). The van der Waals surface area contributed by atoms with Crippen molar-refractivity contribution in [1.82, 2.24) is 0 Å². The maximum atomic E-state index is 11.0. The summed E-state index contributed by atoms with van der Waals surface area (Å²) in [5.74, 6) is -1.36. The van der Waals surface area contributed by atoms with Crippen LogP contribution in [0.4, 0.5) is 5.69 Å². The minimum atomic E-state index is -1.29. The minimum Gasteiger partial charge on any atom is -0.508 e. The third-order valence-corrected chi connectivity index (χ3v) is 2.97. The van der Waals surface area contributed by atoms with Crippen molar-refractivity contribution in [3.63, 3.8) is 0 Å². The number of carboxylic acids is 1. The van der Waals surface area contributed by atoms with Crippen molar-refractivity contribution in [3.05, 3.63) is 57.1 Å². The van der Waals surface area contributed by atoms with Crippen LogP contribution in [-0.4, -0.2) is 21.1 Å². The predicted octanol–water partition coefficient (Wildman–Crippen LogP) is 3.32. The molecule has 2 N–H and O–H groups in total. The van der Waals surface area contributed by atoms with E-state index in [1.807, 2.05) is 0 Å². The van der Waals surface area contributed by atoms with Gasteiger partial charge in [0.05, 0.1) is 10.5 Å². The Hall–Kier alpha value is -2.60. The molecule has 0 saturated carbocycles. The minimum absolute atomic E-state index is 0.0761. The van der Waals surface area contributed by atoms with Gasteiger partial charge in [-0.2, -0.15) is 0 Å². The largest absolute Gasteiger partial charge is 0.508 e. The fourth-order valence-corrected chi connectivity index (χ4v) is 1.96. The van der Waals surface area contributed by atoms with Crippen molar-refractivity contribution in [3.8, 4) is 16.9 Å². The van der Waals surface area contributed by atoms with E-state index >= 15 is 0 Å². The number of nitro groups is 1. The molecule has 102 valence electrons. The fraction of sp³-hybridized carbons (Fsp3) is 0. The Kier molecular flexibility index (Phi) is 3.58. The van der Waals surface area contributed by atoms with Gasteiger partial charge in [0.2, 0.25) is 0 Å². The summed E-state index contributed by atoms with van der Waals surface area (Å²) >= 11 is 5.97. The summed E-state index contributed by atoms with van der Waals surface area (Å²) in [4.78, 5) is 21.2. The summed E-state index contributed by atoms with van der Waals surface area (Å²) in [6, 6.07) is 7.52. The topological polar surface area (TPSA) is 101 Å². The number of carboxylic acid groups (broad SMARTS) is 1. The Morgan fingerprint density at radius 3 is 2.50 bits per heavy atom. The first kappa shape index (κ1) is 13.8. The van der Waals surface area contributed by atoms with Crippen LogP contribution in [0.25, 0.3) is 11.1 Å². The van der Waals surface area contributed by atoms with Crippen LogP contribution in [0, 0.1) is 10.1 Å². The number of non-ortho nitro benzene ring substituents is 1. The lowest BCUT2D eigenvalue weighted by Gasteiger charge is -2.06. The van der Waals surface area contributed by atoms with Gasteiger partial charge in [0.15, 0.2) is 0 Å². The summed E-state index contributed by atoms with van der Waals surface area (Å²) in [6.07, 6.45) is 0.